The average Bonchev–Trinajstić information content (AvgIpc) is 2.96. The summed E-state index contributed by atoms with van der Waals surface area (Å²) in [6, 6.07) is 1.93. The van der Waals surface area contributed by atoms with Gasteiger partial charge < -0.3 is 10.3 Å². The molecule has 0 fully saturated rings. The Kier molecular flexibility index (Phi) is 4.40. The molecular weight excluding hydrogens is 340 g/mol. The van der Waals surface area contributed by atoms with Crippen molar-refractivity contribution in [2.45, 2.75) is 32.9 Å². The lowest BCUT2D eigenvalue weighted by atomic mass is 10.2. The highest BCUT2D eigenvalue weighted by Crippen LogP contribution is 2.33. The second-order valence-electron chi connectivity index (χ2n) is 5.91. The highest BCUT2D eigenvalue weighted by atomic mass is 32.2. The van der Waals surface area contributed by atoms with E-state index in [1.54, 1.807) is 11.3 Å². The fourth-order valence-corrected chi connectivity index (χ4v) is 4.50. The molecule has 0 radical (unpaired) electrons. The summed E-state index contributed by atoms with van der Waals surface area (Å²) in [6.07, 6.45) is 0. The van der Waals surface area contributed by atoms with Gasteiger partial charge in [0.15, 0.2) is 10.9 Å². The molecule has 0 bridgehead atoms. The van der Waals surface area contributed by atoms with Crippen LogP contribution in [-0.4, -0.2) is 26.1 Å². The number of aryl methyl sites for hydroxylation is 3. The molecule has 3 aromatic rings. The zero-order chi connectivity index (χ0) is 17.6. The zero-order valence-electron chi connectivity index (χ0n) is 14.4. The van der Waals surface area contributed by atoms with Crippen molar-refractivity contribution in [2.24, 2.45) is 7.05 Å². The minimum atomic E-state index is 0.0852. The Balaban J connectivity index is 1.83. The van der Waals surface area contributed by atoms with Crippen LogP contribution in [0.15, 0.2) is 11.2 Å². The van der Waals surface area contributed by atoms with Gasteiger partial charge in [0.1, 0.15) is 10.6 Å². The number of carbonyl (C=O) groups excluding carboxylic acids is 1. The van der Waals surface area contributed by atoms with E-state index in [-0.39, 0.29) is 5.78 Å². The number of nitrogen functional groups attached to an aromatic ring is 1. The monoisotopic (exact) mass is 360 g/mol. The molecular formula is C17H20N4OS2. The first-order valence-corrected chi connectivity index (χ1v) is 9.42. The fraction of sp³-hybridized carbons (Fsp3) is 0.353. The molecule has 2 N–H and O–H groups in total. The van der Waals surface area contributed by atoms with Crippen molar-refractivity contribution in [3.05, 3.63) is 33.5 Å². The molecule has 126 valence electrons. The van der Waals surface area contributed by atoms with Crippen LogP contribution in [0.25, 0.3) is 10.2 Å². The van der Waals surface area contributed by atoms with E-state index in [0.717, 1.165) is 32.7 Å². The minimum absolute atomic E-state index is 0.0852. The lowest BCUT2D eigenvalue weighted by Gasteiger charge is -2.04. The topological polar surface area (TPSA) is 73.8 Å². The molecule has 0 unspecified atom stereocenters. The Morgan fingerprint density at radius 1 is 1.29 bits per heavy atom. The minimum Gasteiger partial charge on any atom is -0.383 e. The molecule has 5 nitrogen and oxygen atoms in total. The predicted octanol–water partition coefficient (Wildman–Crippen LogP) is 3.82. The van der Waals surface area contributed by atoms with Gasteiger partial charge in [0.2, 0.25) is 0 Å². The summed E-state index contributed by atoms with van der Waals surface area (Å²) >= 11 is 2.95. The molecule has 7 heteroatoms. The number of hydrogen-bond donors (Lipinski definition) is 1. The molecule has 24 heavy (non-hydrogen) atoms. The zero-order valence-corrected chi connectivity index (χ0v) is 16.1. The summed E-state index contributed by atoms with van der Waals surface area (Å²) < 4.78 is 2.02. The summed E-state index contributed by atoms with van der Waals surface area (Å²) in [4.78, 5) is 23.5. The lowest BCUT2D eigenvalue weighted by Crippen LogP contribution is -2.05. The molecule has 0 aromatic carbocycles. The van der Waals surface area contributed by atoms with E-state index in [4.69, 9.17) is 5.73 Å². The second-order valence-corrected chi connectivity index (χ2v) is 8.06. The number of fused-ring (bicyclic) bond motifs is 1. The first kappa shape index (κ1) is 17.0. The summed E-state index contributed by atoms with van der Waals surface area (Å²) in [7, 11) is 1.97. The van der Waals surface area contributed by atoms with Crippen molar-refractivity contribution < 1.29 is 4.79 Å². The van der Waals surface area contributed by atoms with E-state index in [2.05, 4.69) is 16.9 Å². The van der Waals surface area contributed by atoms with Gasteiger partial charge in [-0.1, -0.05) is 11.8 Å². The number of rotatable bonds is 4. The number of aromatic nitrogens is 3. The smallest absolute Gasteiger partial charge is 0.191 e. The van der Waals surface area contributed by atoms with Gasteiger partial charge >= 0.3 is 0 Å². The third-order valence-electron chi connectivity index (χ3n) is 4.44. The van der Waals surface area contributed by atoms with Gasteiger partial charge in [-0.05, 0) is 39.3 Å². The number of ketones is 1. The Morgan fingerprint density at radius 2 is 2.00 bits per heavy atom. The third kappa shape index (κ3) is 2.82. The Morgan fingerprint density at radius 3 is 2.62 bits per heavy atom. The van der Waals surface area contributed by atoms with Crippen molar-refractivity contribution in [1.29, 1.82) is 0 Å². The number of nitrogens with zero attached hydrogens (tertiary/aromatic N) is 3. The first-order chi connectivity index (χ1) is 11.3. The van der Waals surface area contributed by atoms with Crippen LogP contribution in [0.5, 0.6) is 0 Å². The van der Waals surface area contributed by atoms with Gasteiger partial charge in [-0.3, -0.25) is 4.79 Å². The van der Waals surface area contributed by atoms with E-state index in [1.807, 2.05) is 38.5 Å². The van der Waals surface area contributed by atoms with Crippen molar-refractivity contribution >= 4 is 44.9 Å². The number of carbonyl (C=O) groups is 1. The van der Waals surface area contributed by atoms with Crippen LogP contribution in [0.3, 0.4) is 0 Å². The molecule has 0 atom stereocenters. The number of anilines is 1. The number of thioether (sulfide) groups is 1. The van der Waals surface area contributed by atoms with Crippen LogP contribution in [0, 0.1) is 27.7 Å². The highest BCUT2D eigenvalue weighted by molar-refractivity contribution is 7.99. The number of Topliss-reactive ketones (excluding diaryl/α,β-unsaturated/α-hetero) is 1. The van der Waals surface area contributed by atoms with Crippen molar-refractivity contribution in [3.8, 4) is 0 Å². The quantitative estimate of drug-likeness (QED) is 0.435. The highest BCUT2D eigenvalue weighted by Gasteiger charge is 2.17. The van der Waals surface area contributed by atoms with Crippen LogP contribution in [-0.2, 0) is 7.05 Å². The van der Waals surface area contributed by atoms with Gasteiger partial charge in [-0.25, -0.2) is 9.97 Å². The predicted molar refractivity (Wildman–Crippen MR) is 101 cm³/mol. The normalized spacial score (nSPS) is 11.4. The van der Waals surface area contributed by atoms with Crippen molar-refractivity contribution in [2.75, 3.05) is 11.5 Å². The summed E-state index contributed by atoms with van der Waals surface area (Å²) in [5.74, 6) is 0.879. The standard InChI is InChI=1S/C17H20N4OS2/c1-8-6-12(10(3)21(8)5)13(22)7-23-17-19-15(18)14-9(2)11(4)24-16(14)20-17/h6H,7H2,1-5H3,(H2,18,19,20). The molecule has 3 aromatic heterocycles. The Labute approximate surface area is 149 Å². The molecule has 0 aliphatic rings. The van der Waals surface area contributed by atoms with Crippen LogP contribution in [0.1, 0.15) is 32.2 Å². The Bertz CT molecular complexity index is 956. The van der Waals surface area contributed by atoms with Gasteiger partial charge in [-0.2, -0.15) is 0 Å². The van der Waals surface area contributed by atoms with Crippen molar-refractivity contribution in [3.63, 3.8) is 0 Å². The van der Waals surface area contributed by atoms with E-state index >= 15 is 0 Å². The molecule has 0 spiro atoms. The van der Waals surface area contributed by atoms with Crippen molar-refractivity contribution in [1.82, 2.24) is 14.5 Å². The molecule has 3 heterocycles. The van der Waals surface area contributed by atoms with E-state index in [0.29, 0.717) is 16.7 Å². The van der Waals surface area contributed by atoms with Gasteiger partial charge in [-0.15, -0.1) is 11.3 Å². The lowest BCUT2D eigenvalue weighted by molar-refractivity contribution is 0.102. The molecule has 0 amide bonds. The van der Waals surface area contributed by atoms with Crippen LogP contribution in [0.4, 0.5) is 5.82 Å². The second kappa shape index (κ2) is 6.22. The Hall–Kier alpha value is -1.86. The third-order valence-corrected chi connectivity index (χ3v) is 6.39. The molecule has 0 saturated heterocycles. The number of nitrogens with two attached hydrogens (primary N) is 1. The largest absolute Gasteiger partial charge is 0.383 e. The summed E-state index contributed by atoms with van der Waals surface area (Å²) in [5.41, 5.74) is 10.0. The average molecular weight is 361 g/mol. The van der Waals surface area contributed by atoms with Gasteiger partial charge in [0.25, 0.3) is 0 Å². The van der Waals surface area contributed by atoms with E-state index in [1.165, 1.54) is 16.6 Å². The molecule has 0 aliphatic carbocycles. The summed E-state index contributed by atoms with van der Waals surface area (Å²) in [5, 5.41) is 1.49. The van der Waals surface area contributed by atoms with Crippen LogP contribution >= 0.6 is 23.1 Å². The fourth-order valence-electron chi connectivity index (χ4n) is 2.67. The maximum atomic E-state index is 12.5. The van der Waals surface area contributed by atoms with Gasteiger partial charge in [0, 0.05) is 28.9 Å². The van der Waals surface area contributed by atoms with E-state index < -0.39 is 0 Å². The van der Waals surface area contributed by atoms with Gasteiger partial charge in [0.05, 0.1) is 11.1 Å². The maximum absolute atomic E-state index is 12.5. The molecule has 0 aliphatic heterocycles. The molecule has 0 saturated carbocycles. The van der Waals surface area contributed by atoms with E-state index in [9.17, 15) is 4.79 Å². The molecule has 3 rings (SSSR count). The number of thiophene rings is 1. The SMILES string of the molecule is Cc1sc2nc(SCC(=O)c3cc(C)n(C)c3C)nc(N)c2c1C. The first-order valence-electron chi connectivity index (χ1n) is 7.61. The van der Waals surface area contributed by atoms with Crippen LogP contribution < -0.4 is 5.73 Å². The summed E-state index contributed by atoms with van der Waals surface area (Å²) in [6.45, 7) is 8.04. The van der Waals surface area contributed by atoms with Crippen LogP contribution in [0.2, 0.25) is 0 Å². The maximum Gasteiger partial charge on any atom is 0.191 e. The number of hydrogen-bond acceptors (Lipinski definition) is 6.